The van der Waals surface area contributed by atoms with E-state index in [0.29, 0.717) is 6.07 Å². The normalized spacial score (nSPS) is 20.8. The third-order valence-electron chi connectivity index (χ3n) is 5.23. The summed E-state index contributed by atoms with van der Waals surface area (Å²) in [5, 5.41) is 0.142. The average molecular weight is 279 g/mol. The average Bonchev–Trinajstić information content (AvgIpc) is 3.02. The quantitative estimate of drug-likeness (QED) is 0.676. The van der Waals surface area contributed by atoms with Crippen LogP contribution in [0.25, 0.3) is 10.9 Å². The molecule has 0 amide bonds. The third-order valence-corrected chi connectivity index (χ3v) is 5.23. The van der Waals surface area contributed by atoms with Crippen molar-refractivity contribution in [3.63, 3.8) is 0 Å². The minimum atomic E-state index is -1.09. The fraction of sp³-hybridized carbons (Fsp3) is 0.500. The van der Waals surface area contributed by atoms with Gasteiger partial charge in [0.1, 0.15) is 5.82 Å². The monoisotopic (exact) mass is 279 g/mol. The highest BCUT2D eigenvalue weighted by Crippen LogP contribution is 2.49. The fourth-order valence-corrected chi connectivity index (χ4v) is 4.19. The number of hydrogen-bond acceptors (Lipinski definition) is 0. The third kappa shape index (κ3) is 1.57. The van der Waals surface area contributed by atoms with E-state index in [9.17, 15) is 13.2 Å². The first-order valence-corrected chi connectivity index (χ1v) is 7.27. The van der Waals surface area contributed by atoms with Crippen molar-refractivity contribution in [1.29, 1.82) is 0 Å². The smallest absolute Gasteiger partial charge is 0.168 e. The largest absolute Gasteiger partial charge is 0.356 e. The molecule has 0 saturated heterocycles. The molecule has 2 aromatic rings. The number of aromatic amines is 1. The molecule has 1 aromatic carbocycles. The van der Waals surface area contributed by atoms with Crippen LogP contribution in [0.3, 0.4) is 0 Å². The van der Waals surface area contributed by atoms with Gasteiger partial charge >= 0.3 is 0 Å². The zero-order valence-corrected chi connectivity index (χ0v) is 11.2. The van der Waals surface area contributed by atoms with Crippen LogP contribution < -0.4 is 0 Å². The molecule has 0 atom stereocenters. The first-order chi connectivity index (χ1) is 9.60. The lowest BCUT2D eigenvalue weighted by Gasteiger charge is -2.33. The van der Waals surface area contributed by atoms with Crippen LogP contribution >= 0.6 is 0 Å². The molecule has 0 aliphatic heterocycles. The van der Waals surface area contributed by atoms with E-state index in [-0.39, 0.29) is 16.3 Å². The lowest BCUT2D eigenvalue weighted by atomic mass is 9.71. The van der Waals surface area contributed by atoms with Crippen molar-refractivity contribution in [2.24, 2.45) is 5.41 Å². The Labute approximate surface area is 115 Å². The molecule has 106 valence electrons. The molecule has 1 saturated carbocycles. The van der Waals surface area contributed by atoms with Gasteiger partial charge in [-0.25, -0.2) is 13.2 Å². The van der Waals surface area contributed by atoms with Gasteiger partial charge in [0.2, 0.25) is 0 Å². The number of benzene rings is 1. The zero-order chi connectivity index (χ0) is 13.9. The number of rotatable bonds is 0. The summed E-state index contributed by atoms with van der Waals surface area (Å²) in [6, 6.07) is 0.630. The lowest BCUT2D eigenvalue weighted by molar-refractivity contribution is 0.254. The van der Waals surface area contributed by atoms with E-state index in [1.807, 2.05) is 0 Å². The molecule has 2 aliphatic rings. The molecule has 1 aromatic heterocycles. The predicted molar refractivity (Wildman–Crippen MR) is 71.1 cm³/mol. The van der Waals surface area contributed by atoms with Crippen LogP contribution in [0.5, 0.6) is 0 Å². The van der Waals surface area contributed by atoms with Gasteiger partial charge < -0.3 is 4.98 Å². The van der Waals surface area contributed by atoms with Gasteiger partial charge in [-0.3, -0.25) is 0 Å². The van der Waals surface area contributed by atoms with Crippen LogP contribution in [0.2, 0.25) is 0 Å². The molecule has 2 aliphatic carbocycles. The molecular formula is C16H16F3N. The first kappa shape index (κ1) is 12.3. The van der Waals surface area contributed by atoms with Crippen LogP contribution in [-0.2, 0) is 12.8 Å². The van der Waals surface area contributed by atoms with E-state index in [1.165, 1.54) is 12.8 Å². The van der Waals surface area contributed by atoms with Gasteiger partial charge in [0, 0.05) is 17.1 Å². The predicted octanol–water partition coefficient (Wildman–Crippen LogP) is 4.63. The summed E-state index contributed by atoms with van der Waals surface area (Å²) >= 11 is 0. The minimum Gasteiger partial charge on any atom is -0.356 e. The zero-order valence-electron chi connectivity index (χ0n) is 11.2. The summed E-state index contributed by atoms with van der Waals surface area (Å²) in [7, 11) is 0. The summed E-state index contributed by atoms with van der Waals surface area (Å²) in [5.74, 6) is -2.70. The first-order valence-electron chi connectivity index (χ1n) is 7.27. The SMILES string of the molecule is Fc1cc(F)c2[nH]c3c(c2c1F)CC1(CCCC1)CC3. The molecule has 0 bridgehead atoms. The Kier molecular flexibility index (Phi) is 2.48. The standard InChI is InChI=1S/C16H16F3N/c17-10-7-11(18)15-13(14(10)19)9-8-16(4-1-2-5-16)6-3-12(9)20-15/h7,20H,1-6,8H2. The van der Waals surface area contributed by atoms with E-state index in [2.05, 4.69) is 4.98 Å². The molecular weight excluding hydrogens is 263 g/mol. The van der Waals surface area contributed by atoms with E-state index >= 15 is 0 Å². The Morgan fingerprint density at radius 3 is 2.50 bits per heavy atom. The highest BCUT2D eigenvalue weighted by atomic mass is 19.2. The number of halogens is 3. The van der Waals surface area contributed by atoms with Crippen molar-refractivity contribution in [2.75, 3.05) is 0 Å². The van der Waals surface area contributed by atoms with Gasteiger partial charge in [0.25, 0.3) is 0 Å². The Hall–Kier alpha value is -1.45. The van der Waals surface area contributed by atoms with E-state index in [4.69, 9.17) is 0 Å². The maximum Gasteiger partial charge on any atom is 0.168 e. The second-order valence-corrected chi connectivity index (χ2v) is 6.37. The van der Waals surface area contributed by atoms with Crippen molar-refractivity contribution in [3.8, 4) is 0 Å². The Balaban J connectivity index is 1.94. The molecule has 0 radical (unpaired) electrons. The maximum absolute atomic E-state index is 14.1. The van der Waals surface area contributed by atoms with E-state index in [1.54, 1.807) is 0 Å². The summed E-state index contributed by atoms with van der Waals surface area (Å²) in [5.41, 5.74) is 2.06. The van der Waals surface area contributed by atoms with Gasteiger partial charge in [0.05, 0.1) is 5.52 Å². The van der Waals surface area contributed by atoms with Crippen LogP contribution in [0.4, 0.5) is 13.2 Å². The second-order valence-electron chi connectivity index (χ2n) is 6.37. The van der Waals surface area contributed by atoms with E-state index < -0.39 is 17.5 Å². The van der Waals surface area contributed by atoms with Gasteiger partial charge in [-0.05, 0) is 43.1 Å². The van der Waals surface area contributed by atoms with Gasteiger partial charge in [-0.2, -0.15) is 0 Å². The van der Waals surface area contributed by atoms with Gasteiger partial charge in [0.15, 0.2) is 11.6 Å². The molecule has 1 spiro atoms. The van der Waals surface area contributed by atoms with Crippen LogP contribution in [0.15, 0.2) is 6.07 Å². The molecule has 1 heterocycles. The van der Waals surface area contributed by atoms with Crippen LogP contribution in [0.1, 0.15) is 43.4 Å². The summed E-state index contributed by atoms with van der Waals surface area (Å²) in [6.07, 6.45) is 7.36. The number of aromatic nitrogens is 1. The molecule has 4 rings (SSSR count). The molecule has 0 unspecified atom stereocenters. The topological polar surface area (TPSA) is 15.8 Å². The number of hydrogen-bond donors (Lipinski definition) is 1. The number of fused-ring (bicyclic) bond motifs is 3. The molecule has 1 fully saturated rings. The highest BCUT2D eigenvalue weighted by Gasteiger charge is 2.39. The lowest BCUT2D eigenvalue weighted by Crippen LogP contribution is -2.25. The molecule has 20 heavy (non-hydrogen) atoms. The molecule has 4 heteroatoms. The Morgan fingerprint density at radius 1 is 1.00 bits per heavy atom. The van der Waals surface area contributed by atoms with Crippen molar-refractivity contribution < 1.29 is 13.2 Å². The number of H-pyrrole nitrogens is 1. The number of nitrogens with one attached hydrogen (secondary N) is 1. The second kappa shape index (κ2) is 4.03. The van der Waals surface area contributed by atoms with Gasteiger partial charge in [-0.1, -0.05) is 12.8 Å². The minimum absolute atomic E-state index is 0.129. The van der Waals surface area contributed by atoms with Crippen molar-refractivity contribution in [2.45, 2.75) is 44.9 Å². The van der Waals surface area contributed by atoms with Crippen LogP contribution in [-0.4, -0.2) is 4.98 Å². The summed E-state index contributed by atoms with van der Waals surface area (Å²) in [6.45, 7) is 0. The summed E-state index contributed by atoms with van der Waals surface area (Å²) < 4.78 is 41.5. The van der Waals surface area contributed by atoms with Crippen molar-refractivity contribution in [3.05, 3.63) is 34.8 Å². The van der Waals surface area contributed by atoms with E-state index in [0.717, 1.165) is 43.4 Å². The van der Waals surface area contributed by atoms with Gasteiger partial charge in [-0.15, -0.1) is 0 Å². The summed E-state index contributed by atoms with van der Waals surface area (Å²) in [4.78, 5) is 2.98. The van der Waals surface area contributed by atoms with Crippen molar-refractivity contribution in [1.82, 2.24) is 4.98 Å². The molecule has 1 nitrogen and oxygen atoms in total. The molecule has 1 N–H and O–H groups in total. The Bertz CT molecular complexity index is 696. The van der Waals surface area contributed by atoms with Crippen LogP contribution in [0, 0.1) is 22.9 Å². The Morgan fingerprint density at radius 2 is 1.75 bits per heavy atom. The number of aryl methyl sites for hydroxylation is 1. The maximum atomic E-state index is 14.1. The fourth-order valence-electron chi connectivity index (χ4n) is 4.19. The highest BCUT2D eigenvalue weighted by molar-refractivity contribution is 5.86. The van der Waals surface area contributed by atoms with Crippen molar-refractivity contribution >= 4 is 10.9 Å².